The van der Waals surface area contributed by atoms with E-state index in [1.807, 2.05) is 6.07 Å². The molecule has 1 fully saturated rings. The van der Waals surface area contributed by atoms with E-state index in [2.05, 4.69) is 21.2 Å². The summed E-state index contributed by atoms with van der Waals surface area (Å²) in [6, 6.07) is 5.78. The Labute approximate surface area is 132 Å². The van der Waals surface area contributed by atoms with Gasteiger partial charge in [-0.3, -0.25) is 4.79 Å². The molecule has 0 atom stereocenters. The third kappa shape index (κ3) is 4.63. The maximum atomic E-state index is 12.1. The van der Waals surface area contributed by atoms with Crippen LogP contribution in [0.15, 0.2) is 22.7 Å². The minimum atomic E-state index is -0.109. The van der Waals surface area contributed by atoms with Crippen LogP contribution in [0.1, 0.15) is 36.0 Å². The van der Waals surface area contributed by atoms with Gasteiger partial charge in [0.2, 0.25) is 0 Å². The fraction of sp³-hybridized carbons (Fsp3) is 0.462. The number of carbonyl (C=O) groups is 1. The van der Waals surface area contributed by atoms with Crippen LogP contribution in [0.2, 0.25) is 5.02 Å². The van der Waals surface area contributed by atoms with Gasteiger partial charge in [-0.2, -0.15) is 0 Å². The summed E-state index contributed by atoms with van der Waals surface area (Å²) in [5.41, 5.74) is 6.36. The Hall–Kier alpha value is -0.290. The van der Waals surface area contributed by atoms with Crippen molar-refractivity contribution in [2.24, 2.45) is 5.73 Å². The van der Waals surface area contributed by atoms with Gasteiger partial charge >= 0.3 is 0 Å². The van der Waals surface area contributed by atoms with Crippen LogP contribution in [0.25, 0.3) is 0 Å². The predicted octanol–water partition coefficient (Wildman–Crippen LogP) is 3.52. The number of amides is 1. The van der Waals surface area contributed by atoms with E-state index in [1.54, 1.807) is 12.1 Å². The molecule has 3 nitrogen and oxygen atoms in total. The largest absolute Gasteiger partial charge is 0.349 e. The number of carbonyl (C=O) groups excluding carboxylic acids is 1. The molecular weight excluding hydrogens is 351 g/mol. The van der Waals surface area contributed by atoms with Gasteiger partial charge in [0.15, 0.2) is 0 Å². The van der Waals surface area contributed by atoms with E-state index >= 15 is 0 Å². The van der Waals surface area contributed by atoms with Crippen LogP contribution in [0.5, 0.6) is 0 Å². The fourth-order valence-electron chi connectivity index (χ4n) is 2.20. The molecular formula is C13H17BrCl2N2O. The molecule has 0 heterocycles. The molecule has 0 bridgehead atoms. The van der Waals surface area contributed by atoms with Gasteiger partial charge in [-0.1, -0.05) is 27.5 Å². The minimum Gasteiger partial charge on any atom is -0.349 e. The van der Waals surface area contributed by atoms with Crippen LogP contribution in [-0.4, -0.2) is 18.0 Å². The number of nitrogens with two attached hydrogens (primary N) is 1. The molecule has 1 saturated carbocycles. The zero-order valence-electron chi connectivity index (χ0n) is 10.4. The van der Waals surface area contributed by atoms with E-state index in [9.17, 15) is 4.79 Å². The molecule has 1 aliphatic carbocycles. The lowest BCUT2D eigenvalue weighted by Gasteiger charge is -2.26. The van der Waals surface area contributed by atoms with Crippen LogP contribution >= 0.6 is 39.9 Å². The first-order valence-corrected chi connectivity index (χ1v) is 7.25. The maximum Gasteiger partial charge on any atom is 0.253 e. The molecule has 0 unspecified atom stereocenters. The Balaban J connectivity index is 0.00000180. The molecule has 106 valence electrons. The van der Waals surface area contributed by atoms with Crippen molar-refractivity contribution in [2.45, 2.75) is 37.8 Å². The Kier molecular flexibility index (Phi) is 6.60. The number of hydrogen-bond donors (Lipinski definition) is 2. The Morgan fingerprint density at radius 2 is 1.95 bits per heavy atom. The van der Waals surface area contributed by atoms with Crippen molar-refractivity contribution < 1.29 is 4.79 Å². The lowest BCUT2D eigenvalue weighted by atomic mass is 9.91. The number of nitrogens with one attached hydrogen (secondary N) is 1. The molecule has 0 aliphatic heterocycles. The zero-order valence-corrected chi connectivity index (χ0v) is 13.5. The summed E-state index contributed by atoms with van der Waals surface area (Å²) < 4.78 is 0.850. The quantitative estimate of drug-likeness (QED) is 0.840. The molecule has 1 aromatic carbocycles. The topological polar surface area (TPSA) is 55.1 Å². The third-order valence-corrected chi connectivity index (χ3v) is 4.10. The SMILES string of the molecule is Cl.NC1CCC(NC(=O)c2cc(Br)ccc2Cl)CC1. The van der Waals surface area contributed by atoms with Gasteiger partial charge in [0.25, 0.3) is 5.91 Å². The van der Waals surface area contributed by atoms with Gasteiger partial charge in [-0.05, 0) is 43.9 Å². The molecule has 3 N–H and O–H groups in total. The second-order valence-electron chi connectivity index (χ2n) is 4.71. The molecule has 1 aromatic rings. The molecule has 2 rings (SSSR count). The second-order valence-corrected chi connectivity index (χ2v) is 6.03. The number of rotatable bonds is 2. The number of benzene rings is 1. The lowest BCUT2D eigenvalue weighted by Crippen LogP contribution is -2.40. The molecule has 6 heteroatoms. The van der Waals surface area contributed by atoms with Gasteiger partial charge in [-0.25, -0.2) is 0 Å². The van der Waals surface area contributed by atoms with Crippen LogP contribution in [-0.2, 0) is 0 Å². The number of halogens is 3. The highest BCUT2D eigenvalue weighted by molar-refractivity contribution is 9.10. The Bertz CT molecular complexity index is 448. The summed E-state index contributed by atoms with van der Waals surface area (Å²) in [4.78, 5) is 12.1. The van der Waals surface area contributed by atoms with Crippen molar-refractivity contribution in [3.8, 4) is 0 Å². The highest BCUT2D eigenvalue weighted by Gasteiger charge is 2.21. The molecule has 19 heavy (non-hydrogen) atoms. The van der Waals surface area contributed by atoms with Gasteiger partial charge in [0.05, 0.1) is 10.6 Å². The first kappa shape index (κ1) is 16.8. The Morgan fingerprint density at radius 1 is 1.32 bits per heavy atom. The van der Waals surface area contributed by atoms with Crippen LogP contribution < -0.4 is 11.1 Å². The second kappa shape index (κ2) is 7.48. The molecule has 0 aromatic heterocycles. The summed E-state index contributed by atoms with van der Waals surface area (Å²) >= 11 is 9.37. The average molecular weight is 368 g/mol. The van der Waals surface area contributed by atoms with Crippen molar-refractivity contribution in [3.05, 3.63) is 33.3 Å². The highest BCUT2D eigenvalue weighted by Crippen LogP contribution is 2.22. The van der Waals surface area contributed by atoms with Crippen molar-refractivity contribution >= 4 is 45.8 Å². The predicted molar refractivity (Wildman–Crippen MR) is 84.1 cm³/mol. The van der Waals surface area contributed by atoms with Gasteiger partial charge in [-0.15, -0.1) is 12.4 Å². The summed E-state index contributed by atoms with van der Waals surface area (Å²) in [6.45, 7) is 0. The maximum absolute atomic E-state index is 12.1. The van der Waals surface area contributed by atoms with Crippen LogP contribution in [0.3, 0.4) is 0 Å². The van der Waals surface area contributed by atoms with Crippen molar-refractivity contribution in [1.82, 2.24) is 5.32 Å². The minimum absolute atomic E-state index is 0. The van der Waals surface area contributed by atoms with Crippen LogP contribution in [0.4, 0.5) is 0 Å². The number of hydrogen-bond acceptors (Lipinski definition) is 2. The summed E-state index contributed by atoms with van der Waals surface area (Å²) in [5.74, 6) is -0.109. The zero-order chi connectivity index (χ0) is 13.1. The van der Waals surface area contributed by atoms with Gasteiger partial charge in [0, 0.05) is 16.6 Å². The Morgan fingerprint density at radius 3 is 2.58 bits per heavy atom. The smallest absolute Gasteiger partial charge is 0.253 e. The van der Waals surface area contributed by atoms with E-state index in [0.29, 0.717) is 10.6 Å². The molecule has 0 saturated heterocycles. The first-order chi connectivity index (χ1) is 8.56. The molecule has 0 radical (unpaired) electrons. The van der Waals surface area contributed by atoms with Crippen LogP contribution in [0, 0.1) is 0 Å². The van der Waals surface area contributed by atoms with E-state index < -0.39 is 0 Å². The molecule has 1 aliphatic rings. The van der Waals surface area contributed by atoms with Gasteiger partial charge in [0.1, 0.15) is 0 Å². The van der Waals surface area contributed by atoms with E-state index in [-0.39, 0.29) is 30.4 Å². The van der Waals surface area contributed by atoms with E-state index in [1.165, 1.54) is 0 Å². The standard InChI is InChI=1S/C13H16BrClN2O.ClH/c14-8-1-6-12(15)11(7-8)13(18)17-10-4-2-9(16)3-5-10;/h1,6-7,9-10H,2-5,16H2,(H,17,18);1H. The monoisotopic (exact) mass is 366 g/mol. The summed E-state index contributed by atoms with van der Waals surface area (Å²) in [5, 5.41) is 3.50. The van der Waals surface area contributed by atoms with E-state index in [4.69, 9.17) is 17.3 Å². The first-order valence-electron chi connectivity index (χ1n) is 6.08. The lowest BCUT2D eigenvalue weighted by molar-refractivity contribution is 0.0926. The molecule has 0 spiro atoms. The highest BCUT2D eigenvalue weighted by atomic mass is 79.9. The normalized spacial score (nSPS) is 22.5. The fourth-order valence-corrected chi connectivity index (χ4v) is 2.76. The molecule has 1 amide bonds. The summed E-state index contributed by atoms with van der Waals surface area (Å²) in [6.07, 6.45) is 3.82. The van der Waals surface area contributed by atoms with Crippen molar-refractivity contribution in [3.63, 3.8) is 0 Å². The van der Waals surface area contributed by atoms with Crippen molar-refractivity contribution in [1.29, 1.82) is 0 Å². The van der Waals surface area contributed by atoms with E-state index in [0.717, 1.165) is 30.2 Å². The third-order valence-electron chi connectivity index (χ3n) is 3.28. The van der Waals surface area contributed by atoms with Gasteiger partial charge < -0.3 is 11.1 Å². The van der Waals surface area contributed by atoms with Crippen molar-refractivity contribution in [2.75, 3.05) is 0 Å². The summed E-state index contributed by atoms with van der Waals surface area (Å²) in [7, 11) is 0. The average Bonchev–Trinajstić information content (AvgIpc) is 2.35.